The van der Waals surface area contributed by atoms with Crippen molar-refractivity contribution in [1.29, 1.82) is 0 Å². The van der Waals surface area contributed by atoms with E-state index in [0.717, 1.165) is 0 Å². The summed E-state index contributed by atoms with van der Waals surface area (Å²) in [5.41, 5.74) is 2.21. The third-order valence-electron chi connectivity index (χ3n) is 0.496. The molecule has 0 aromatic rings. The summed E-state index contributed by atoms with van der Waals surface area (Å²) in [6.45, 7) is 4.24. The van der Waals surface area contributed by atoms with E-state index in [0.29, 0.717) is 9.13 Å². The smallest absolute Gasteiger partial charge is 0.0101 e. The standard InChI is InChI=1S/C5H10Si/c1-3-4-5-6-2/h3-6H,1-2H3. The van der Waals surface area contributed by atoms with Gasteiger partial charge < -0.3 is 0 Å². The first-order valence-electron chi connectivity index (χ1n) is 2.15. The molecular formula is C5H10Si. The average Bonchev–Trinajstić information content (AvgIpc) is 1.61. The molecule has 0 spiro atoms. The van der Waals surface area contributed by atoms with Crippen molar-refractivity contribution < 1.29 is 0 Å². The lowest BCUT2D eigenvalue weighted by Crippen LogP contribution is -1.66. The first kappa shape index (κ1) is 5.83. The Morgan fingerprint density at radius 1 is 1.50 bits per heavy atom. The molecule has 0 atom stereocenters. The lowest BCUT2D eigenvalue weighted by molar-refractivity contribution is 1.78. The highest BCUT2D eigenvalue weighted by Crippen LogP contribution is 1.57. The molecule has 0 N–H and O–H groups in total. The number of allylic oxidation sites excluding steroid dienone is 2. The van der Waals surface area contributed by atoms with Crippen molar-refractivity contribution in [1.82, 2.24) is 0 Å². The Morgan fingerprint density at radius 2 is 2.17 bits per heavy atom. The quantitative estimate of drug-likeness (QED) is 0.426. The minimum Gasteiger partial charge on any atom is -0.0881 e. The summed E-state index contributed by atoms with van der Waals surface area (Å²) in [7, 11) is 0.572. The van der Waals surface area contributed by atoms with E-state index in [-0.39, 0.29) is 0 Å². The van der Waals surface area contributed by atoms with Gasteiger partial charge in [0.1, 0.15) is 0 Å². The minimum atomic E-state index is 0.572. The van der Waals surface area contributed by atoms with E-state index in [4.69, 9.17) is 0 Å². The molecule has 0 heterocycles. The molecule has 0 aromatic carbocycles. The van der Waals surface area contributed by atoms with E-state index < -0.39 is 0 Å². The van der Waals surface area contributed by atoms with E-state index in [1.165, 1.54) is 0 Å². The van der Waals surface area contributed by atoms with Crippen LogP contribution in [0, 0.1) is 0 Å². The molecule has 0 aliphatic heterocycles. The molecule has 0 saturated heterocycles. The van der Waals surface area contributed by atoms with Crippen LogP contribution in [-0.2, 0) is 0 Å². The van der Waals surface area contributed by atoms with E-state index >= 15 is 0 Å². The zero-order valence-electron chi connectivity index (χ0n) is 4.31. The van der Waals surface area contributed by atoms with Crippen LogP contribution in [0.1, 0.15) is 6.92 Å². The normalized spacial score (nSPS) is 11.7. The van der Waals surface area contributed by atoms with E-state index in [1.807, 2.05) is 6.92 Å². The summed E-state index contributed by atoms with van der Waals surface area (Å²) >= 11 is 0. The highest BCUT2D eigenvalue weighted by Gasteiger charge is 1.49. The molecule has 6 heavy (non-hydrogen) atoms. The fourth-order valence-electron chi connectivity index (χ4n) is 0.222. The Kier molecular flexibility index (Phi) is 4.69. The summed E-state index contributed by atoms with van der Waals surface area (Å²) in [5, 5.41) is 0. The summed E-state index contributed by atoms with van der Waals surface area (Å²) < 4.78 is 0. The number of hydrogen-bond acceptors (Lipinski definition) is 0. The topological polar surface area (TPSA) is 0 Å². The van der Waals surface area contributed by atoms with Crippen molar-refractivity contribution in [3.8, 4) is 0 Å². The second-order valence-electron chi connectivity index (χ2n) is 1.05. The van der Waals surface area contributed by atoms with Gasteiger partial charge in [-0.15, -0.1) is 0 Å². The van der Waals surface area contributed by atoms with Gasteiger partial charge in [0.25, 0.3) is 0 Å². The molecule has 0 unspecified atom stereocenters. The van der Waals surface area contributed by atoms with Gasteiger partial charge in [0, 0.05) is 0 Å². The van der Waals surface area contributed by atoms with Gasteiger partial charge in [-0.25, -0.2) is 0 Å². The first-order chi connectivity index (χ1) is 2.91. The fraction of sp³-hybridized carbons (Fsp3) is 0.400. The van der Waals surface area contributed by atoms with Gasteiger partial charge in [0.15, 0.2) is 0 Å². The van der Waals surface area contributed by atoms with Crippen molar-refractivity contribution in [3.63, 3.8) is 0 Å². The van der Waals surface area contributed by atoms with Crippen LogP contribution in [0.3, 0.4) is 0 Å². The second-order valence-corrected chi connectivity index (χ2v) is 2.10. The van der Waals surface area contributed by atoms with Gasteiger partial charge in [-0.05, 0) is 16.1 Å². The Morgan fingerprint density at radius 3 is 2.33 bits per heavy atom. The summed E-state index contributed by atoms with van der Waals surface area (Å²) in [4.78, 5) is 0. The molecular weight excluding hydrogens is 88.1 g/mol. The van der Waals surface area contributed by atoms with Crippen LogP contribution in [0.15, 0.2) is 12.2 Å². The first-order valence-corrected chi connectivity index (χ1v) is 3.98. The SMILES string of the molecule is CC=CC=[SiH]C. The van der Waals surface area contributed by atoms with Crippen molar-refractivity contribution in [2.24, 2.45) is 0 Å². The monoisotopic (exact) mass is 98.1 g/mol. The summed E-state index contributed by atoms with van der Waals surface area (Å²) in [6, 6.07) is 0. The second kappa shape index (κ2) is 4.83. The van der Waals surface area contributed by atoms with Gasteiger partial charge in [-0.3, -0.25) is 0 Å². The number of rotatable bonds is 1. The highest BCUT2D eigenvalue weighted by molar-refractivity contribution is 6.47. The molecule has 0 saturated carbocycles. The van der Waals surface area contributed by atoms with Gasteiger partial charge in [0.05, 0.1) is 0 Å². The maximum Gasteiger partial charge on any atom is -0.0101 e. The highest BCUT2D eigenvalue weighted by atomic mass is 28.2. The molecule has 0 nitrogen and oxygen atoms in total. The Balaban J connectivity index is 3.07. The molecule has 0 fully saturated rings. The predicted octanol–water partition coefficient (Wildman–Crippen LogP) is 0.849. The average molecular weight is 98.2 g/mol. The van der Waals surface area contributed by atoms with Crippen LogP contribution in [0.2, 0.25) is 6.55 Å². The zero-order valence-corrected chi connectivity index (χ0v) is 5.46. The van der Waals surface area contributed by atoms with Crippen LogP contribution in [-0.4, -0.2) is 14.8 Å². The molecule has 0 radical (unpaired) electrons. The third kappa shape index (κ3) is 3.83. The lowest BCUT2D eigenvalue weighted by atomic mass is 10.6. The predicted molar refractivity (Wildman–Crippen MR) is 33.9 cm³/mol. The van der Waals surface area contributed by atoms with E-state index in [9.17, 15) is 0 Å². The van der Waals surface area contributed by atoms with E-state index in [1.54, 1.807) is 0 Å². The Bertz CT molecular complexity index is 52.3. The molecule has 1 heteroatoms. The molecule has 0 bridgehead atoms. The summed E-state index contributed by atoms with van der Waals surface area (Å²) in [5.74, 6) is 0. The van der Waals surface area contributed by atoms with Crippen molar-refractivity contribution >= 4 is 14.8 Å². The molecule has 0 aliphatic rings. The number of hydrogen-bond donors (Lipinski definition) is 0. The van der Waals surface area contributed by atoms with Gasteiger partial charge in [-0.1, -0.05) is 24.4 Å². The maximum absolute atomic E-state index is 2.21. The van der Waals surface area contributed by atoms with E-state index in [2.05, 4.69) is 24.4 Å². The molecule has 0 aromatic heterocycles. The van der Waals surface area contributed by atoms with Gasteiger partial charge in [-0.2, -0.15) is 0 Å². The zero-order chi connectivity index (χ0) is 4.83. The van der Waals surface area contributed by atoms with Crippen LogP contribution >= 0.6 is 0 Å². The van der Waals surface area contributed by atoms with Crippen LogP contribution < -0.4 is 0 Å². The van der Waals surface area contributed by atoms with Crippen molar-refractivity contribution in [2.45, 2.75) is 13.5 Å². The van der Waals surface area contributed by atoms with Crippen LogP contribution in [0.5, 0.6) is 0 Å². The van der Waals surface area contributed by atoms with Gasteiger partial charge >= 0.3 is 0 Å². The van der Waals surface area contributed by atoms with Crippen molar-refractivity contribution in [3.05, 3.63) is 12.2 Å². The minimum absolute atomic E-state index is 0.572. The third-order valence-corrected chi connectivity index (χ3v) is 1.10. The molecule has 0 amide bonds. The Hall–Kier alpha value is -0.173. The Labute approximate surface area is 41.3 Å². The molecule has 0 rings (SSSR count). The van der Waals surface area contributed by atoms with Crippen LogP contribution in [0.4, 0.5) is 0 Å². The van der Waals surface area contributed by atoms with Crippen molar-refractivity contribution in [2.75, 3.05) is 0 Å². The lowest BCUT2D eigenvalue weighted by Gasteiger charge is -1.62. The van der Waals surface area contributed by atoms with Crippen LogP contribution in [0.25, 0.3) is 0 Å². The fourth-order valence-corrected chi connectivity index (χ4v) is 0.667. The molecule has 34 valence electrons. The summed E-state index contributed by atoms with van der Waals surface area (Å²) in [6.07, 6.45) is 4.14. The molecule has 0 aliphatic carbocycles. The largest absolute Gasteiger partial charge is 0.0881 e. The maximum atomic E-state index is 2.21. The van der Waals surface area contributed by atoms with Gasteiger partial charge in [0.2, 0.25) is 0 Å².